The average molecular weight is 286 g/mol. The van der Waals surface area contributed by atoms with Gasteiger partial charge in [0.05, 0.1) is 5.69 Å². The van der Waals surface area contributed by atoms with Gasteiger partial charge < -0.3 is 5.11 Å². The van der Waals surface area contributed by atoms with E-state index in [4.69, 9.17) is 0 Å². The highest BCUT2D eigenvalue weighted by Gasteiger charge is 2.14. The first kappa shape index (κ1) is 15.8. The molecule has 0 saturated carbocycles. The molecule has 1 heterocycles. The molecule has 2 aromatic rings. The molecular formula is C18H26N2O. The number of aliphatic hydroxyl groups is 1. The summed E-state index contributed by atoms with van der Waals surface area (Å²) in [5.74, 6) is 0.249. The fourth-order valence-corrected chi connectivity index (χ4v) is 2.80. The molecule has 1 unspecified atom stereocenters. The van der Waals surface area contributed by atoms with Crippen LogP contribution in [0.4, 0.5) is 0 Å². The van der Waals surface area contributed by atoms with Crippen LogP contribution in [-0.4, -0.2) is 21.5 Å². The van der Waals surface area contributed by atoms with E-state index in [0.29, 0.717) is 0 Å². The Kier molecular flexibility index (Phi) is 5.57. The highest BCUT2D eigenvalue weighted by atomic mass is 16.3. The summed E-state index contributed by atoms with van der Waals surface area (Å²) in [4.78, 5) is 0. The van der Waals surface area contributed by atoms with Crippen molar-refractivity contribution in [3.05, 3.63) is 52.8 Å². The van der Waals surface area contributed by atoms with E-state index < -0.39 is 0 Å². The summed E-state index contributed by atoms with van der Waals surface area (Å²) in [6, 6.07) is 10.7. The van der Waals surface area contributed by atoms with E-state index in [1.807, 2.05) is 0 Å². The predicted octanol–water partition coefficient (Wildman–Crippen LogP) is 3.17. The highest BCUT2D eigenvalue weighted by molar-refractivity contribution is 5.23. The van der Waals surface area contributed by atoms with Gasteiger partial charge in [-0.2, -0.15) is 5.10 Å². The lowest BCUT2D eigenvalue weighted by Gasteiger charge is -2.15. The first-order valence-electron chi connectivity index (χ1n) is 7.88. The zero-order valence-electron chi connectivity index (χ0n) is 13.3. The lowest BCUT2D eigenvalue weighted by molar-refractivity contribution is 0.223. The van der Waals surface area contributed by atoms with E-state index >= 15 is 0 Å². The normalized spacial score (nSPS) is 12.6. The van der Waals surface area contributed by atoms with Crippen LogP contribution < -0.4 is 0 Å². The van der Waals surface area contributed by atoms with Crippen LogP contribution in [0.2, 0.25) is 0 Å². The second-order valence-electron chi connectivity index (χ2n) is 5.74. The monoisotopic (exact) mass is 286 g/mol. The third kappa shape index (κ3) is 4.18. The minimum absolute atomic E-state index is 0.213. The van der Waals surface area contributed by atoms with E-state index in [2.05, 4.69) is 60.9 Å². The Morgan fingerprint density at radius 2 is 2.00 bits per heavy atom. The molecule has 1 atom stereocenters. The van der Waals surface area contributed by atoms with Crippen molar-refractivity contribution in [1.82, 2.24) is 9.78 Å². The van der Waals surface area contributed by atoms with Crippen LogP contribution in [-0.2, 0) is 25.8 Å². The van der Waals surface area contributed by atoms with Crippen LogP contribution in [0.25, 0.3) is 0 Å². The number of benzene rings is 1. The van der Waals surface area contributed by atoms with E-state index in [-0.39, 0.29) is 12.5 Å². The molecule has 0 aliphatic heterocycles. The molecule has 0 radical (unpaired) electrons. The molecule has 2 rings (SSSR count). The minimum atomic E-state index is 0.213. The summed E-state index contributed by atoms with van der Waals surface area (Å²) >= 11 is 0. The number of nitrogens with zero attached hydrogens (tertiary/aromatic N) is 2. The lowest BCUT2D eigenvalue weighted by atomic mass is 9.94. The fourth-order valence-electron chi connectivity index (χ4n) is 2.80. The summed E-state index contributed by atoms with van der Waals surface area (Å²) in [7, 11) is 0. The number of hydrogen-bond donors (Lipinski definition) is 1. The summed E-state index contributed by atoms with van der Waals surface area (Å²) < 4.78 is 2.07. The van der Waals surface area contributed by atoms with Crippen molar-refractivity contribution in [1.29, 1.82) is 0 Å². The van der Waals surface area contributed by atoms with Gasteiger partial charge in [-0.1, -0.05) is 36.8 Å². The smallest absolute Gasteiger partial charge is 0.0624 e. The van der Waals surface area contributed by atoms with Gasteiger partial charge in [0.25, 0.3) is 0 Å². The topological polar surface area (TPSA) is 38.0 Å². The molecular weight excluding hydrogens is 260 g/mol. The molecule has 114 valence electrons. The van der Waals surface area contributed by atoms with Crippen LogP contribution in [0.1, 0.15) is 36.4 Å². The molecule has 0 amide bonds. The maximum atomic E-state index is 9.72. The zero-order chi connectivity index (χ0) is 15.2. The van der Waals surface area contributed by atoms with E-state index in [1.54, 1.807) is 0 Å². The van der Waals surface area contributed by atoms with Gasteiger partial charge in [0.2, 0.25) is 0 Å². The number of aliphatic hydroxyl groups excluding tert-OH is 1. The van der Waals surface area contributed by atoms with Gasteiger partial charge >= 0.3 is 0 Å². The van der Waals surface area contributed by atoms with E-state index in [0.717, 1.165) is 31.5 Å². The Hall–Kier alpha value is -1.61. The molecule has 0 spiro atoms. The summed E-state index contributed by atoms with van der Waals surface area (Å²) in [5.41, 5.74) is 4.95. The first-order valence-corrected chi connectivity index (χ1v) is 7.88. The van der Waals surface area contributed by atoms with Crippen LogP contribution in [0.3, 0.4) is 0 Å². The zero-order valence-corrected chi connectivity index (χ0v) is 13.3. The predicted molar refractivity (Wildman–Crippen MR) is 86.4 cm³/mol. The maximum absolute atomic E-state index is 9.72. The van der Waals surface area contributed by atoms with Gasteiger partial charge in [-0.15, -0.1) is 0 Å². The molecule has 0 aliphatic rings. The molecule has 1 N–H and O–H groups in total. The Balaban J connectivity index is 2.10. The molecule has 0 aliphatic carbocycles. The van der Waals surface area contributed by atoms with Crippen molar-refractivity contribution in [3.8, 4) is 0 Å². The van der Waals surface area contributed by atoms with Crippen LogP contribution in [0.5, 0.6) is 0 Å². The summed E-state index contributed by atoms with van der Waals surface area (Å²) in [6.45, 7) is 7.45. The Labute approximate surface area is 127 Å². The second-order valence-corrected chi connectivity index (χ2v) is 5.74. The largest absolute Gasteiger partial charge is 0.396 e. The molecule has 3 nitrogen and oxygen atoms in total. The minimum Gasteiger partial charge on any atom is -0.396 e. The Morgan fingerprint density at radius 3 is 2.62 bits per heavy atom. The molecule has 3 heteroatoms. The molecule has 0 fully saturated rings. The van der Waals surface area contributed by atoms with Crippen molar-refractivity contribution in [3.63, 3.8) is 0 Å². The first-order chi connectivity index (χ1) is 10.2. The van der Waals surface area contributed by atoms with Crippen molar-refractivity contribution >= 4 is 0 Å². The van der Waals surface area contributed by atoms with Crippen molar-refractivity contribution < 1.29 is 5.11 Å². The fraction of sp³-hybridized carbons (Fsp3) is 0.500. The van der Waals surface area contributed by atoms with Gasteiger partial charge in [-0.3, -0.25) is 4.68 Å². The molecule has 1 aromatic carbocycles. The quantitative estimate of drug-likeness (QED) is 0.849. The van der Waals surface area contributed by atoms with Gasteiger partial charge in [0, 0.05) is 18.8 Å². The van der Waals surface area contributed by atoms with E-state index in [9.17, 15) is 5.11 Å². The highest BCUT2D eigenvalue weighted by Crippen LogP contribution is 2.17. The number of hydrogen-bond acceptors (Lipinski definition) is 2. The number of rotatable bonds is 7. The second kappa shape index (κ2) is 7.41. The number of aryl methyl sites for hydroxylation is 3. The molecule has 0 saturated heterocycles. The third-order valence-electron chi connectivity index (χ3n) is 3.94. The van der Waals surface area contributed by atoms with Gasteiger partial charge in [-0.05, 0) is 50.7 Å². The van der Waals surface area contributed by atoms with Gasteiger partial charge in [0.1, 0.15) is 0 Å². The summed E-state index contributed by atoms with van der Waals surface area (Å²) in [5, 5.41) is 14.3. The molecule has 0 bridgehead atoms. The SMILES string of the molecule is CCc1cc(CC(CO)Cc2cccc(C)c2)n(CC)n1. The molecule has 1 aromatic heterocycles. The Morgan fingerprint density at radius 1 is 1.19 bits per heavy atom. The van der Waals surface area contributed by atoms with E-state index in [1.165, 1.54) is 16.8 Å². The number of aromatic nitrogens is 2. The summed E-state index contributed by atoms with van der Waals surface area (Å²) in [6.07, 6.45) is 2.75. The van der Waals surface area contributed by atoms with Gasteiger partial charge in [0.15, 0.2) is 0 Å². The maximum Gasteiger partial charge on any atom is 0.0624 e. The standard InChI is InChI=1S/C18H26N2O/c1-4-17-12-18(20(5-2)19-17)11-16(13-21)10-15-8-6-7-14(3)9-15/h6-9,12,16,21H,4-5,10-11,13H2,1-3H3. The van der Waals surface area contributed by atoms with Crippen molar-refractivity contribution in [2.24, 2.45) is 5.92 Å². The average Bonchev–Trinajstić information content (AvgIpc) is 2.88. The van der Waals surface area contributed by atoms with Crippen LogP contribution in [0, 0.1) is 12.8 Å². The van der Waals surface area contributed by atoms with Crippen molar-refractivity contribution in [2.45, 2.75) is 46.6 Å². The van der Waals surface area contributed by atoms with Gasteiger partial charge in [-0.25, -0.2) is 0 Å². The molecule has 21 heavy (non-hydrogen) atoms. The van der Waals surface area contributed by atoms with Crippen molar-refractivity contribution in [2.75, 3.05) is 6.61 Å². The third-order valence-corrected chi connectivity index (χ3v) is 3.94. The van der Waals surface area contributed by atoms with Crippen LogP contribution in [0.15, 0.2) is 30.3 Å². The Bertz CT molecular complexity index is 574. The lowest BCUT2D eigenvalue weighted by Crippen LogP contribution is -2.16. The van der Waals surface area contributed by atoms with Crippen LogP contribution >= 0.6 is 0 Å².